The molecule has 0 unspecified atom stereocenters. The first kappa shape index (κ1) is 16.7. The molecule has 0 saturated heterocycles. The maximum atomic E-state index is 12.1. The third-order valence-corrected chi connectivity index (χ3v) is 4.48. The number of hydrogen-bond acceptors (Lipinski definition) is 4. The van der Waals surface area contributed by atoms with E-state index in [1.54, 1.807) is 18.2 Å². The molecule has 0 amide bonds. The molecule has 0 saturated carbocycles. The molecule has 0 spiro atoms. The predicted molar refractivity (Wildman–Crippen MR) is 93.4 cm³/mol. The molecule has 24 heavy (non-hydrogen) atoms. The van der Waals surface area contributed by atoms with Gasteiger partial charge in [0.25, 0.3) is 0 Å². The fourth-order valence-electron chi connectivity index (χ4n) is 2.69. The number of carbonyl (C=O) groups excluding carboxylic acids is 2. The molecular weight excluding hydrogens is 372 g/mol. The average molecular weight is 389 g/mol. The minimum absolute atomic E-state index is 0.193. The van der Waals surface area contributed by atoms with E-state index >= 15 is 0 Å². The molecule has 0 N–H and O–H groups in total. The van der Waals surface area contributed by atoms with Crippen molar-refractivity contribution in [3.05, 3.63) is 63.6 Å². The molecular formula is C19H17BrO4. The van der Waals surface area contributed by atoms with Crippen LogP contribution in [0, 0.1) is 0 Å². The van der Waals surface area contributed by atoms with E-state index in [1.807, 2.05) is 24.3 Å². The van der Waals surface area contributed by atoms with Crippen LogP contribution in [0.2, 0.25) is 0 Å². The van der Waals surface area contributed by atoms with E-state index in [1.165, 1.54) is 11.1 Å². The lowest BCUT2D eigenvalue weighted by molar-refractivity contribution is -0.144. The lowest BCUT2D eigenvalue weighted by Crippen LogP contribution is -2.19. The normalized spacial score (nSPS) is 12.5. The number of hydrogen-bond donors (Lipinski definition) is 0. The zero-order chi connectivity index (χ0) is 16.9. The first-order valence-electron chi connectivity index (χ1n) is 7.81. The summed E-state index contributed by atoms with van der Waals surface area (Å²) >= 11 is 3.32. The molecule has 1 aliphatic carbocycles. The van der Waals surface area contributed by atoms with Gasteiger partial charge in [-0.25, -0.2) is 4.79 Å². The van der Waals surface area contributed by atoms with Crippen LogP contribution >= 0.6 is 15.9 Å². The van der Waals surface area contributed by atoms with Gasteiger partial charge in [-0.05, 0) is 60.7 Å². The molecule has 0 aliphatic heterocycles. The number of carbonyl (C=O) groups is 2. The Morgan fingerprint density at radius 1 is 0.958 bits per heavy atom. The second-order valence-electron chi connectivity index (χ2n) is 5.66. The van der Waals surface area contributed by atoms with Crippen LogP contribution in [0.15, 0.2) is 46.9 Å². The van der Waals surface area contributed by atoms with Crippen molar-refractivity contribution in [2.75, 3.05) is 13.2 Å². The van der Waals surface area contributed by atoms with Gasteiger partial charge < -0.3 is 9.47 Å². The summed E-state index contributed by atoms with van der Waals surface area (Å²) in [6, 6.07) is 12.8. The first-order chi connectivity index (χ1) is 11.6. The third-order valence-electron chi connectivity index (χ3n) is 3.96. The van der Waals surface area contributed by atoms with Gasteiger partial charge in [0, 0.05) is 10.0 Å². The van der Waals surface area contributed by atoms with E-state index in [0.717, 1.165) is 23.7 Å². The van der Waals surface area contributed by atoms with Crippen LogP contribution in [-0.4, -0.2) is 25.0 Å². The monoisotopic (exact) mass is 388 g/mol. The van der Waals surface area contributed by atoms with Gasteiger partial charge in [0.15, 0.2) is 19.0 Å². The number of ether oxygens (including phenoxy) is 2. The third kappa shape index (κ3) is 4.23. The Morgan fingerprint density at radius 3 is 2.50 bits per heavy atom. The first-order valence-corrected chi connectivity index (χ1v) is 8.60. The standard InChI is InChI=1S/C19H17BrO4/c20-16-6-8-17(9-7-16)23-12-19(22)24-11-18(21)15-5-4-13-2-1-3-14(13)10-15/h4-10H,1-3,11-12H2. The topological polar surface area (TPSA) is 52.6 Å². The largest absolute Gasteiger partial charge is 0.482 e. The maximum Gasteiger partial charge on any atom is 0.344 e. The Morgan fingerprint density at radius 2 is 1.71 bits per heavy atom. The van der Waals surface area contributed by atoms with E-state index in [4.69, 9.17) is 9.47 Å². The van der Waals surface area contributed by atoms with E-state index in [-0.39, 0.29) is 19.0 Å². The van der Waals surface area contributed by atoms with Gasteiger partial charge in [-0.1, -0.05) is 28.1 Å². The summed E-state index contributed by atoms with van der Waals surface area (Å²) in [7, 11) is 0. The summed E-state index contributed by atoms with van der Waals surface area (Å²) in [6.07, 6.45) is 3.22. The number of ketones is 1. The quantitative estimate of drug-likeness (QED) is 0.558. The van der Waals surface area contributed by atoms with Crippen molar-refractivity contribution in [3.63, 3.8) is 0 Å². The number of esters is 1. The average Bonchev–Trinajstić information content (AvgIpc) is 3.06. The molecule has 124 valence electrons. The smallest absolute Gasteiger partial charge is 0.344 e. The molecule has 0 fully saturated rings. The number of rotatable bonds is 6. The van der Waals surface area contributed by atoms with Gasteiger partial charge in [-0.3, -0.25) is 4.79 Å². The Balaban J connectivity index is 1.47. The number of Topliss-reactive ketones (excluding diaryl/α,β-unsaturated/α-hetero) is 1. The zero-order valence-corrected chi connectivity index (χ0v) is 14.7. The summed E-state index contributed by atoms with van der Waals surface area (Å²) in [5.74, 6) is -0.186. The Labute approximate surface area is 148 Å². The van der Waals surface area contributed by atoms with Crippen LogP contribution in [0.1, 0.15) is 27.9 Å². The minimum atomic E-state index is -0.563. The van der Waals surface area contributed by atoms with E-state index in [2.05, 4.69) is 15.9 Å². The van der Waals surface area contributed by atoms with Crippen molar-refractivity contribution in [1.82, 2.24) is 0 Å². The highest BCUT2D eigenvalue weighted by molar-refractivity contribution is 9.10. The summed E-state index contributed by atoms with van der Waals surface area (Å²) in [4.78, 5) is 23.8. The predicted octanol–water partition coefficient (Wildman–Crippen LogP) is 3.74. The van der Waals surface area contributed by atoms with Crippen LogP contribution in [0.4, 0.5) is 0 Å². The van der Waals surface area contributed by atoms with Crippen molar-refractivity contribution in [1.29, 1.82) is 0 Å². The Bertz CT molecular complexity index is 752. The molecule has 0 atom stereocenters. The minimum Gasteiger partial charge on any atom is -0.482 e. The van der Waals surface area contributed by atoms with Crippen LogP contribution < -0.4 is 4.74 Å². The summed E-state index contributed by atoms with van der Waals surface area (Å²) in [5.41, 5.74) is 3.13. The highest BCUT2D eigenvalue weighted by Crippen LogP contribution is 2.23. The zero-order valence-electron chi connectivity index (χ0n) is 13.1. The van der Waals surface area contributed by atoms with Crippen LogP contribution in [-0.2, 0) is 22.4 Å². The van der Waals surface area contributed by atoms with Crippen LogP contribution in [0.25, 0.3) is 0 Å². The van der Waals surface area contributed by atoms with Crippen molar-refractivity contribution >= 4 is 27.7 Å². The molecule has 4 nitrogen and oxygen atoms in total. The van der Waals surface area contributed by atoms with E-state index in [0.29, 0.717) is 11.3 Å². The van der Waals surface area contributed by atoms with Crippen LogP contribution in [0.5, 0.6) is 5.75 Å². The molecule has 2 aromatic rings. The molecule has 2 aromatic carbocycles. The second-order valence-corrected chi connectivity index (χ2v) is 6.58. The number of benzene rings is 2. The van der Waals surface area contributed by atoms with Gasteiger partial charge in [0.1, 0.15) is 5.75 Å². The van der Waals surface area contributed by atoms with E-state index in [9.17, 15) is 9.59 Å². The fourth-order valence-corrected chi connectivity index (χ4v) is 2.95. The fraction of sp³-hybridized carbons (Fsp3) is 0.263. The van der Waals surface area contributed by atoms with Gasteiger partial charge in [0.2, 0.25) is 0 Å². The number of halogens is 1. The lowest BCUT2D eigenvalue weighted by atomic mass is 10.0. The summed E-state index contributed by atoms with van der Waals surface area (Å²) < 4.78 is 11.2. The second kappa shape index (κ2) is 7.62. The number of fused-ring (bicyclic) bond motifs is 1. The number of aryl methyl sites for hydroxylation is 2. The molecule has 3 rings (SSSR count). The molecule has 0 bridgehead atoms. The highest BCUT2D eigenvalue weighted by Gasteiger charge is 2.15. The molecule has 0 aromatic heterocycles. The van der Waals surface area contributed by atoms with Crippen LogP contribution in [0.3, 0.4) is 0 Å². The molecule has 0 radical (unpaired) electrons. The van der Waals surface area contributed by atoms with Crippen molar-refractivity contribution in [3.8, 4) is 5.75 Å². The Kier molecular flexibility index (Phi) is 5.30. The highest BCUT2D eigenvalue weighted by atomic mass is 79.9. The Hall–Kier alpha value is -2.14. The summed E-state index contributed by atoms with van der Waals surface area (Å²) in [5, 5.41) is 0. The van der Waals surface area contributed by atoms with E-state index < -0.39 is 5.97 Å². The molecule has 1 aliphatic rings. The molecule has 0 heterocycles. The lowest BCUT2D eigenvalue weighted by Gasteiger charge is -2.08. The van der Waals surface area contributed by atoms with Gasteiger partial charge in [0.05, 0.1) is 0 Å². The maximum absolute atomic E-state index is 12.1. The van der Waals surface area contributed by atoms with Gasteiger partial charge in [-0.15, -0.1) is 0 Å². The van der Waals surface area contributed by atoms with Crippen molar-refractivity contribution < 1.29 is 19.1 Å². The van der Waals surface area contributed by atoms with Gasteiger partial charge in [-0.2, -0.15) is 0 Å². The SMILES string of the molecule is O=C(COc1ccc(Br)cc1)OCC(=O)c1ccc2c(c1)CCC2. The summed E-state index contributed by atoms with van der Waals surface area (Å²) in [6.45, 7) is -0.486. The van der Waals surface area contributed by atoms with Crippen molar-refractivity contribution in [2.24, 2.45) is 0 Å². The van der Waals surface area contributed by atoms with Crippen molar-refractivity contribution in [2.45, 2.75) is 19.3 Å². The van der Waals surface area contributed by atoms with Gasteiger partial charge >= 0.3 is 5.97 Å². The molecule has 5 heteroatoms.